The summed E-state index contributed by atoms with van der Waals surface area (Å²) in [7, 11) is 3.10. The van der Waals surface area contributed by atoms with Crippen molar-refractivity contribution < 1.29 is 23.8 Å². The molecule has 2 aliphatic rings. The van der Waals surface area contributed by atoms with Crippen LogP contribution < -0.4 is 9.47 Å². The molecule has 1 aromatic rings. The first-order valence-electron chi connectivity index (χ1n) is 9.00. The van der Waals surface area contributed by atoms with Gasteiger partial charge in [-0.3, -0.25) is 9.69 Å². The van der Waals surface area contributed by atoms with Crippen LogP contribution in [0.5, 0.6) is 11.5 Å². The number of methoxy groups -OCH3 is 2. The first kappa shape index (κ1) is 20.3. The zero-order valence-corrected chi connectivity index (χ0v) is 17.6. The summed E-state index contributed by atoms with van der Waals surface area (Å²) in [5.41, 5.74) is 1.63. The minimum Gasteiger partial charge on any atom is -0.493 e. The van der Waals surface area contributed by atoms with Crippen LogP contribution in [-0.4, -0.2) is 47.5 Å². The molecule has 2 atom stereocenters. The number of thioether (sulfide) groups is 1. The molecule has 0 radical (unpaired) electrons. The van der Waals surface area contributed by atoms with Crippen LogP contribution in [-0.2, 0) is 14.3 Å². The molecule has 0 saturated carbocycles. The van der Waals surface area contributed by atoms with Gasteiger partial charge in [-0.15, -0.1) is 0 Å². The fourth-order valence-electron chi connectivity index (χ4n) is 3.28. The van der Waals surface area contributed by atoms with E-state index in [-0.39, 0.29) is 17.3 Å². The largest absolute Gasteiger partial charge is 0.493 e. The van der Waals surface area contributed by atoms with Crippen molar-refractivity contribution in [2.75, 3.05) is 14.2 Å². The van der Waals surface area contributed by atoms with E-state index in [1.54, 1.807) is 52.0 Å². The van der Waals surface area contributed by atoms with Gasteiger partial charge in [0.2, 0.25) is 5.91 Å². The maximum absolute atomic E-state index is 12.9. The Bertz CT molecular complexity index is 877. The van der Waals surface area contributed by atoms with Gasteiger partial charge < -0.3 is 14.2 Å². The van der Waals surface area contributed by atoms with E-state index in [0.717, 1.165) is 5.56 Å². The van der Waals surface area contributed by atoms with Crippen LogP contribution in [0.2, 0.25) is 0 Å². The van der Waals surface area contributed by atoms with Crippen molar-refractivity contribution in [2.24, 2.45) is 4.99 Å². The van der Waals surface area contributed by atoms with Crippen molar-refractivity contribution in [2.45, 2.75) is 45.1 Å². The topological polar surface area (TPSA) is 77.4 Å². The smallest absolute Gasteiger partial charge is 0.338 e. The van der Waals surface area contributed by atoms with Crippen molar-refractivity contribution in [1.29, 1.82) is 0 Å². The Hall–Kier alpha value is -2.48. The van der Waals surface area contributed by atoms with Crippen LogP contribution >= 0.6 is 11.8 Å². The van der Waals surface area contributed by atoms with Crippen LogP contribution in [0.3, 0.4) is 0 Å². The van der Waals surface area contributed by atoms with Gasteiger partial charge in [-0.2, -0.15) is 0 Å². The van der Waals surface area contributed by atoms with E-state index in [4.69, 9.17) is 14.2 Å². The molecular formula is C20H24N2O5S. The molecule has 0 aromatic heterocycles. The second-order valence-corrected chi connectivity index (χ2v) is 8.14. The maximum Gasteiger partial charge on any atom is 0.338 e. The number of aliphatic imine (C=N–C) groups is 1. The van der Waals surface area contributed by atoms with Gasteiger partial charge in [0.25, 0.3) is 0 Å². The summed E-state index contributed by atoms with van der Waals surface area (Å²) in [6.45, 7) is 7.18. The van der Waals surface area contributed by atoms with E-state index in [1.807, 2.05) is 13.0 Å². The SMILES string of the molecule is COc1ccc([C@H]2C(C(=O)OC(C)C)=C(C)N=C3S[C@H](C)C(=O)N32)cc1OC. The monoisotopic (exact) mass is 404 g/mol. The molecule has 2 aliphatic heterocycles. The van der Waals surface area contributed by atoms with Gasteiger partial charge in [0, 0.05) is 0 Å². The second kappa shape index (κ2) is 7.87. The Balaban J connectivity index is 2.16. The Morgan fingerprint density at radius 3 is 2.50 bits per heavy atom. The Morgan fingerprint density at radius 1 is 1.21 bits per heavy atom. The highest BCUT2D eigenvalue weighted by Crippen LogP contribution is 2.44. The van der Waals surface area contributed by atoms with Crippen LogP contribution in [0.1, 0.15) is 39.3 Å². The Labute approximate surface area is 168 Å². The van der Waals surface area contributed by atoms with Gasteiger partial charge in [0.05, 0.1) is 42.9 Å². The molecule has 7 nitrogen and oxygen atoms in total. The van der Waals surface area contributed by atoms with Crippen molar-refractivity contribution in [3.05, 3.63) is 35.0 Å². The number of esters is 1. The summed E-state index contributed by atoms with van der Waals surface area (Å²) in [6.07, 6.45) is -0.285. The summed E-state index contributed by atoms with van der Waals surface area (Å²) in [5, 5.41) is 0.325. The van der Waals surface area contributed by atoms with Gasteiger partial charge in [0.1, 0.15) is 0 Å². The molecule has 1 saturated heterocycles. The summed E-state index contributed by atoms with van der Waals surface area (Å²) in [6, 6.07) is 4.73. The number of carbonyl (C=O) groups is 2. The number of fused-ring (bicyclic) bond motifs is 1. The van der Waals surface area contributed by atoms with Gasteiger partial charge in [-0.05, 0) is 45.4 Å². The van der Waals surface area contributed by atoms with Gasteiger partial charge in [0.15, 0.2) is 16.7 Å². The molecule has 150 valence electrons. The van der Waals surface area contributed by atoms with Crippen LogP contribution in [0.15, 0.2) is 34.5 Å². The first-order valence-corrected chi connectivity index (χ1v) is 9.88. The lowest BCUT2D eigenvalue weighted by Gasteiger charge is -2.33. The lowest BCUT2D eigenvalue weighted by atomic mass is 9.94. The van der Waals surface area contributed by atoms with Crippen molar-refractivity contribution in [1.82, 2.24) is 4.90 Å². The minimum absolute atomic E-state index is 0.0918. The molecule has 0 unspecified atom stereocenters. The van der Waals surface area contributed by atoms with Gasteiger partial charge in [-0.25, -0.2) is 9.79 Å². The minimum atomic E-state index is -0.636. The average molecular weight is 404 g/mol. The molecule has 0 spiro atoms. The molecular weight excluding hydrogens is 380 g/mol. The molecule has 28 heavy (non-hydrogen) atoms. The molecule has 0 N–H and O–H groups in total. The predicted molar refractivity (Wildman–Crippen MR) is 108 cm³/mol. The number of rotatable bonds is 5. The van der Waals surface area contributed by atoms with Crippen LogP contribution in [0.25, 0.3) is 0 Å². The maximum atomic E-state index is 12.9. The normalized spacial score (nSPS) is 21.6. The molecule has 2 heterocycles. The zero-order chi connectivity index (χ0) is 20.6. The standard InChI is InChI=1S/C20H24N2O5S/c1-10(2)27-19(24)16-11(3)21-20-22(18(23)12(4)28-20)17(16)13-7-8-14(25-5)15(9-13)26-6/h7-10,12,17H,1-6H3/t12-,17+/m1/s1. The van der Waals surface area contributed by atoms with Gasteiger partial charge >= 0.3 is 5.97 Å². The fourth-order valence-corrected chi connectivity index (χ4v) is 4.31. The number of amides is 1. The third kappa shape index (κ3) is 3.48. The van der Waals surface area contributed by atoms with Crippen molar-refractivity contribution in [3.8, 4) is 11.5 Å². The third-order valence-corrected chi connectivity index (χ3v) is 5.60. The van der Waals surface area contributed by atoms with Crippen LogP contribution in [0, 0.1) is 0 Å². The lowest BCUT2D eigenvalue weighted by molar-refractivity contribution is -0.143. The summed E-state index contributed by atoms with van der Waals surface area (Å²) in [4.78, 5) is 31.9. The number of ether oxygens (including phenoxy) is 3. The summed E-state index contributed by atoms with van der Waals surface area (Å²) < 4.78 is 16.2. The summed E-state index contributed by atoms with van der Waals surface area (Å²) in [5.74, 6) is 0.516. The molecule has 8 heteroatoms. The number of nitrogens with zero attached hydrogens (tertiary/aromatic N) is 2. The number of carbonyl (C=O) groups excluding carboxylic acids is 2. The van der Waals surface area contributed by atoms with Crippen molar-refractivity contribution in [3.63, 3.8) is 0 Å². The molecule has 1 aromatic carbocycles. The summed E-state index contributed by atoms with van der Waals surface area (Å²) >= 11 is 1.39. The molecule has 1 fully saturated rings. The van der Waals surface area contributed by atoms with E-state index in [0.29, 0.717) is 27.9 Å². The fraction of sp³-hybridized carbons (Fsp3) is 0.450. The van der Waals surface area contributed by atoms with Crippen molar-refractivity contribution >= 4 is 28.8 Å². The van der Waals surface area contributed by atoms with E-state index >= 15 is 0 Å². The highest BCUT2D eigenvalue weighted by Gasteiger charge is 2.46. The number of hydrogen-bond donors (Lipinski definition) is 0. The van der Waals surface area contributed by atoms with E-state index in [9.17, 15) is 9.59 Å². The highest BCUT2D eigenvalue weighted by atomic mass is 32.2. The van der Waals surface area contributed by atoms with Gasteiger partial charge in [-0.1, -0.05) is 17.8 Å². The van der Waals surface area contributed by atoms with Crippen LogP contribution in [0.4, 0.5) is 0 Å². The molecule has 3 rings (SSSR count). The predicted octanol–water partition coefficient (Wildman–Crippen LogP) is 3.30. The number of amidine groups is 1. The second-order valence-electron chi connectivity index (χ2n) is 6.83. The molecule has 0 bridgehead atoms. The number of benzene rings is 1. The highest BCUT2D eigenvalue weighted by molar-refractivity contribution is 8.15. The van der Waals surface area contributed by atoms with E-state index in [1.165, 1.54) is 11.8 Å². The number of allylic oxidation sites excluding steroid dienone is 1. The molecule has 1 amide bonds. The first-order chi connectivity index (χ1) is 13.3. The Kier molecular flexibility index (Phi) is 5.69. The lowest BCUT2D eigenvalue weighted by Crippen LogP contribution is -2.40. The zero-order valence-electron chi connectivity index (χ0n) is 16.8. The third-order valence-electron chi connectivity index (χ3n) is 4.54. The Morgan fingerprint density at radius 2 is 1.89 bits per heavy atom. The number of hydrogen-bond acceptors (Lipinski definition) is 7. The molecule has 0 aliphatic carbocycles. The van der Waals surface area contributed by atoms with E-state index in [2.05, 4.69) is 4.99 Å². The quantitative estimate of drug-likeness (QED) is 0.701. The van der Waals surface area contributed by atoms with E-state index < -0.39 is 12.0 Å². The average Bonchev–Trinajstić information content (AvgIpc) is 2.92.